The van der Waals surface area contributed by atoms with Gasteiger partial charge < -0.3 is 20.1 Å². The molecule has 3 rings (SSSR count). The predicted octanol–water partition coefficient (Wildman–Crippen LogP) is 1.99. The summed E-state index contributed by atoms with van der Waals surface area (Å²) >= 11 is 0. The maximum Gasteiger partial charge on any atom is 0.326 e. The van der Waals surface area contributed by atoms with Crippen molar-refractivity contribution in [2.75, 3.05) is 13.7 Å². The predicted molar refractivity (Wildman–Crippen MR) is 102 cm³/mol. The van der Waals surface area contributed by atoms with E-state index in [0.717, 1.165) is 12.8 Å². The van der Waals surface area contributed by atoms with Crippen LogP contribution >= 0.6 is 0 Å². The number of amides is 2. The van der Waals surface area contributed by atoms with Crippen LogP contribution in [0.15, 0.2) is 54.6 Å². The van der Waals surface area contributed by atoms with Crippen molar-refractivity contribution in [2.45, 2.75) is 25.0 Å². The Labute approximate surface area is 163 Å². The zero-order valence-electron chi connectivity index (χ0n) is 15.5. The van der Waals surface area contributed by atoms with Crippen LogP contribution in [0.1, 0.15) is 34.9 Å². The smallest absolute Gasteiger partial charge is 0.326 e. The van der Waals surface area contributed by atoms with E-state index < -0.39 is 18.0 Å². The number of rotatable bonds is 8. The fourth-order valence-corrected chi connectivity index (χ4v) is 2.60. The van der Waals surface area contributed by atoms with Gasteiger partial charge in [0.25, 0.3) is 11.8 Å². The maximum atomic E-state index is 12.5. The second-order valence-corrected chi connectivity index (χ2v) is 6.48. The van der Waals surface area contributed by atoms with E-state index in [1.54, 1.807) is 48.5 Å². The summed E-state index contributed by atoms with van der Waals surface area (Å²) in [5.74, 6) is -0.956. The molecular formula is C21H22N2O5. The minimum atomic E-state index is -1.05. The van der Waals surface area contributed by atoms with Crippen molar-refractivity contribution in [2.24, 2.45) is 0 Å². The summed E-state index contributed by atoms with van der Waals surface area (Å²) in [5.41, 5.74) is 0.936. The second-order valence-electron chi connectivity index (χ2n) is 6.48. The van der Waals surface area contributed by atoms with E-state index in [4.69, 9.17) is 9.47 Å². The Morgan fingerprint density at radius 2 is 1.82 bits per heavy atom. The van der Waals surface area contributed by atoms with Crippen molar-refractivity contribution in [3.8, 4) is 5.75 Å². The molecule has 146 valence electrons. The van der Waals surface area contributed by atoms with E-state index in [2.05, 4.69) is 10.6 Å². The minimum absolute atomic E-state index is 0.144. The lowest BCUT2D eigenvalue weighted by molar-refractivity contribution is -0.155. The molecule has 1 saturated carbocycles. The Kier molecular flexibility index (Phi) is 6.26. The third-order valence-corrected chi connectivity index (χ3v) is 4.24. The van der Waals surface area contributed by atoms with Gasteiger partial charge in [-0.25, -0.2) is 0 Å². The van der Waals surface area contributed by atoms with Gasteiger partial charge >= 0.3 is 5.97 Å². The summed E-state index contributed by atoms with van der Waals surface area (Å²) in [6.45, 7) is -0.351. The zero-order chi connectivity index (χ0) is 19.9. The average Bonchev–Trinajstić information content (AvgIpc) is 3.54. The van der Waals surface area contributed by atoms with Crippen molar-refractivity contribution in [1.82, 2.24) is 10.6 Å². The molecule has 2 amide bonds. The van der Waals surface area contributed by atoms with Crippen molar-refractivity contribution < 1.29 is 23.9 Å². The van der Waals surface area contributed by atoms with Crippen LogP contribution in [-0.2, 0) is 14.3 Å². The van der Waals surface area contributed by atoms with Gasteiger partial charge in [-0.15, -0.1) is 0 Å². The third kappa shape index (κ3) is 5.33. The van der Waals surface area contributed by atoms with Crippen LogP contribution in [0.25, 0.3) is 0 Å². The zero-order valence-corrected chi connectivity index (χ0v) is 15.5. The van der Waals surface area contributed by atoms with E-state index in [1.807, 2.05) is 6.07 Å². The first kappa shape index (κ1) is 19.4. The molecule has 7 heteroatoms. The third-order valence-electron chi connectivity index (χ3n) is 4.24. The van der Waals surface area contributed by atoms with Crippen LogP contribution in [0.5, 0.6) is 5.75 Å². The quantitative estimate of drug-likeness (QED) is 0.681. The molecule has 0 saturated heterocycles. The van der Waals surface area contributed by atoms with Crippen molar-refractivity contribution in [3.05, 3.63) is 65.7 Å². The number of hydrogen-bond acceptors (Lipinski definition) is 5. The average molecular weight is 382 g/mol. The van der Waals surface area contributed by atoms with E-state index in [0.29, 0.717) is 16.9 Å². The normalized spacial score (nSPS) is 13.9. The van der Waals surface area contributed by atoms with Crippen LogP contribution in [0.2, 0.25) is 0 Å². The highest BCUT2D eigenvalue weighted by molar-refractivity contribution is 5.96. The number of benzene rings is 2. The summed E-state index contributed by atoms with van der Waals surface area (Å²) in [5, 5.41) is 5.34. The van der Waals surface area contributed by atoms with Gasteiger partial charge in [0.2, 0.25) is 6.10 Å². The van der Waals surface area contributed by atoms with E-state index >= 15 is 0 Å². The van der Waals surface area contributed by atoms with Gasteiger partial charge in [0, 0.05) is 17.2 Å². The first-order valence-corrected chi connectivity index (χ1v) is 9.04. The van der Waals surface area contributed by atoms with Crippen molar-refractivity contribution in [1.29, 1.82) is 0 Å². The number of carbonyl (C=O) groups excluding carboxylic acids is 3. The van der Waals surface area contributed by atoms with Gasteiger partial charge in [0.1, 0.15) is 12.3 Å². The number of hydrogen-bond donors (Lipinski definition) is 2. The molecular weight excluding hydrogens is 360 g/mol. The lowest BCUT2D eigenvalue weighted by Gasteiger charge is -2.18. The molecule has 0 aliphatic heterocycles. The Morgan fingerprint density at radius 3 is 2.50 bits per heavy atom. The summed E-state index contributed by atoms with van der Waals surface area (Å²) in [4.78, 5) is 36.9. The maximum absolute atomic E-state index is 12.5. The molecule has 2 aromatic carbocycles. The highest BCUT2D eigenvalue weighted by Gasteiger charge is 2.30. The molecule has 0 unspecified atom stereocenters. The molecule has 7 nitrogen and oxygen atoms in total. The second kappa shape index (κ2) is 9.03. The molecule has 1 fully saturated rings. The monoisotopic (exact) mass is 382 g/mol. The standard InChI is InChI=1S/C21H22N2O5/c1-27-17-9-5-8-15(12-17)20(25)22-13-18(24)28-19(14-6-3-2-4-7-14)21(26)23-16-10-11-16/h2-9,12,16,19H,10-11,13H2,1H3,(H,22,25)(H,23,26)/t19-/m0/s1. The lowest BCUT2D eigenvalue weighted by Crippen LogP contribution is -2.36. The molecule has 28 heavy (non-hydrogen) atoms. The van der Waals surface area contributed by atoms with Gasteiger partial charge in [-0.05, 0) is 31.0 Å². The van der Waals surface area contributed by atoms with Gasteiger partial charge in [-0.3, -0.25) is 14.4 Å². The van der Waals surface area contributed by atoms with Gasteiger partial charge in [-0.2, -0.15) is 0 Å². The van der Waals surface area contributed by atoms with Crippen LogP contribution in [0.3, 0.4) is 0 Å². The Bertz CT molecular complexity index is 849. The minimum Gasteiger partial charge on any atom is -0.497 e. The molecule has 0 aromatic heterocycles. The molecule has 1 aliphatic rings. The number of nitrogens with one attached hydrogen (secondary N) is 2. The Hall–Kier alpha value is -3.35. The highest BCUT2D eigenvalue weighted by atomic mass is 16.5. The molecule has 0 spiro atoms. The SMILES string of the molecule is COc1cccc(C(=O)NCC(=O)O[C@H](C(=O)NC2CC2)c2ccccc2)c1. The fraction of sp³-hybridized carbons (Fsp3) is 0.286. The van der Waals surface area contributed by atoms with Crippen LogP contribution in [-0.4, -0.2) is 37.5 Å². The Balaban J connectivity index is 1.59. The molecule has 1 aliphatic carbocycles. The molecule has 0 radical (unpaired) electrons. The topological polar surface area (TPSA) is 93.7 Å². The number of carbonyl (C=O) groups is 3. The van der Waals surface area contributed by atoms with E-state index in [-0.39, 0.29) is 18.5 Å². The summed E-state index contributed by atoms with van der Waals surface area (Å²) in [7, 11) is 1.50. The lowest BCUT2D eigenvalue weighted by atomic mass is 10.1. The number of ether oxygens (including phenoxy) is 2. The van der Waals surface area contributed by atoms with Crippen molar-refractivity contribution >= 4 is 17.8 Å². The van der Waals surface area contributed by atoms with Gasteiger partial charge in [0.15, 0.2) is 0 Å². The molecule has 1 atom stereocenters. The van der Waals surface area contributed by atoms with Gasteiger partial charge in [0.05, 0.1) is 7.11 Å². The highest BCUT2D eigenvalue weighted by Crippen LogP contribution is 2.23. The molecule has 2 aromatic rings. The van der Waals surface area contributed by atoms with Crippen LogP contribution < -0.4 is 15.4 Å². The van der Waals surface area contributed by atoms with Crippen LogP contribution in [0.4, 0.5) is 0 Å². The van der Waals surface area contributed by atoms with Crippen molar-refractivity contribution in [3.63, 3.8) is 0 Å². The summed E-state index contributed by atoms with van der Waals surface area (Å²) in [6.07, 6.45) is 0.804. The fourth-order valence-electron chi connectivity index (χ4n) is 2.60. The van der Waals surface area contributed by atoms with E-state index in [1.165, 1.54) is 7.11 Å². The summed E-state index contributed by atoms with van der Waals surface area (Å²) in [6, 6.07) is 15.5. The first-order valence-electron chi connectivity index (χ1n) is 9.04. The largest absolute Gasteiger partial charge is 0.497 e. The van der Waals surface area contributed by atoms with Crippen LogP contribution in [0, 0.1) is 0 Å². The molecule has 0 bridgehead atoms. The molecule has 0 heterocycles. The first-order chi connectivity index (χ1) is 13.6. The summed E-state index contributed by atoms with van der Waals surface area (Å²) < 4.78 is 10.4. The number of methoxy groups -OCH3 is 1. The number of esters is 1. The Morgan fingerprint density at radius 1 is 1.07 bits per heavy atom. The van der Waals surface area contributed by atoms with E-state index in [9.17, 15) is 14.4 Å². The molecule has 2 N–H and O–H groups in total. The van der Waals surface area contributed by atoms with Gasteiger partial charge in [-0.1, -0.05) is 36.4 Å².